The summed E-state index contributed by atoms with van der Waals surface area (Å²) in [5, 5.41) is 2.89. The first-order valence-electron chi connectivity index (χ1n) is 10.9. The van der Waals surface area contributed by atoms with E-state index >= 15 is 0 Å². The number of carbonyl (C=O) groups excluding carboxylic acids is 1. The predicted molar refractivity (Wildman–Crippen MR) is 134 cm³/mol. The van der Waals surface area contributed by atoms with E-state index in [1.54, 1.807) is 36.8 Å². The summed E-state index contributed by atoms with van der Waals surface area (Å²) in [5.74, 6) is 0.163. The molecule has 1 amide bonds. The molecule has 0 saturated heterocycles. The molecule has 4 rings (SSSR count). The maximum Gasteiger partial charge on any atom is 0.264 e. The average Bonchev–Trinajstić information content (AvgIpc) is 3.40. The smallest absolute Gasteiger partial charge is 0.264 e. The van der Waals surface area contributed by atoms with Crippen molar-refractivity contribution in [3.63, 3.8) is 0 Å². The number of imidazole rings is 1. The molecule has 1 N–H and O–H groups in total. The zero-order valence-corrected chi connectivity index (χ0v) is 20.3. The highest BCUT2D eigenvalue weighted by Crippen LogP contribution is 2.30. The van der Waals surface area contributed by atoms with Crippen LogP contribution in [0.25, 0.3) is 0 Å². The molecule has 0 spiro atoms. The fourth-order valence-corrected chi connectivity index (χ4v) is 4.88. The van der Waals surface area contributed by atoms with Gasteiger partial charge in [0.15, 0.2) is 0 Å². The first-order chi connectivity index (χ1) is 16.9. The first kappa shape index (κ1) is 24.0. The molecule has 0 saturated carbocycles. The SMILES string of the molecule is COc1ccccc1N(C)S(=O)(=O)c1ccc(C(=O)NCc2cccc(Cn3ccnc3)c2)cc1. The Morgan fingerprint density at radius 1 is 1.03 bits per heavy atom. The van der Waals surface area contributed by atoms with Gasteiger partial charge in [-0.1, -0.05) is 36.4 Å². The molecule has 1 heterocycles. The molecule has 0 fully saturated rings. The van der Waals surface area contributed by atoms with Gasteiger partial charge < -0.3 is 14.6 Å². The number of nitrogens with one attached hydrogen (secondary N) is 1. The largest absolute Gasteiger partial charge is 0.495 e. The van der Waals surface area contributed by atoms with Crippen LogP contribution >= 0.6 is 0 Å². The number of carbonyl (C=O) groups is 1. The van der Waals surface area contributed by atoms with Gasteiger partial charge in [0, 0.05) is 38.1 Å². The van der Waals surface area contributed by atoms with Gasteiger partial charge >= 0.3 is 0 Å². The Morgan fingerprint density at radius 2 is 1.77 bits per heavy atom. The van der Waals surface area contributed by atoms with Crippen LogP contribution in [0, 0.1) is 0 Å². The van der Waals surface area contributed by atoms with Crippen LogP contribution < -0.4 is 14.4 Å². The Bertz CT molecular complexity index is 1400. The van der Waals surface area contributed by atoms with E-state index in [0.29, 0.717) is 30.1 Å². The number of methoxy groups -OCH3 is 1. The van der Waals surface area contributed by atoms with Gasteiger partial charge in [0.2, 0.25) is 0 Å². The number of nitrogens with zero attached hydrogens (tertiary/aromatic N) is 3. The van der Waals surface area contributed by atoms with E-state index in [1.165, 1.54) is 38.4 Å². The molecule has 4 aromatic rings. The van der Waals surface area contributed by atoms with Crippen LogP contribution in [-0.4, -0.2) is 38.0 Å². The Balaban J connectivity index is 1.42. The van der Waals surface area contributed by atoms with E-state index in [0.717, 1.165) is 15.4 Å². The summed E-state index contributed by atoms with van der Waals surface area (Å²) in [6.45, 7) is 1.05. The van der Waals surface area contributed by atoms with Gasteiger partial charge in [-0.25, -0.2) is 13.4 Å². The minimum atomic E-state index is -3.83. The minimum absolute atomic E-state index is 0.0784. The number of ether oxygens (including phenoxy) is 1. The summed E-state index contributed by atoms with van der Waals surface area (Å²) >= 11 is 0. The van der Waals surface area contributed by atoms with Gasteiger partial charge in [0.25, 0.3) is 15.9 Å². The molecule has 180 valence electrons. The van der Waals surface area contributed by atoms with Crippen molar-refractivity contribution in [1.29, 1.82) is 0 Å². The Hall–Kier alpha value is -4.11. The van der Waals surface area contributed by atoms with E-state index in [2.05, 4.69) is 10.3 Å². The van der Waals surface area contributed by atoms with E-state index in [4.69, 9.17) is 4.74 Å². The van der Waals surface area contributed by atoms with Crippen molar-refractivity contribution in [2.75, 3.05) is 18.5 Å². The van der Waals surface area contributed by atoms with Crippen molar-refractivity contribution < 1.29 is 17.9 Å². The van der Waals surface area contributed by atoms with Crippen molar-refractivity contribution in [3.8, 4) is 5.75 Å². The van der Waals surface area contributed by atoms with Gasteiger partial charge in [-0.3, -0.25) is 9.10 Å². The Morgan fingerprint density at radius 3 is 2.49 bits per heavy atom. The summed E-state index contributed by atoms with van der Waals surface area (Å²) in [6, 6.07) is 20.7. The summed E-state index contributed by atoms with van der Waals surface area (Å²) in [7, 11) is -0.878. The molecule has 3 aromatic carbocycles. The van der Waals surface area contributed by atoms with Gasteiger partial charge in [-0.2, -0.15) is 0 Å². The number of benzene rings is 3. The topological polar surface area (TPSA) is 93.5 Å². The lowest BCUT2D eigenvalue weighted by atomic mass is 10.1. The molecule has 0 aliphatic rings. The van der Waals surface area contributed by atoms with Crippen LogP contribution in [0.4, 0.5) is 5.69 Å². The number of rotatable bonds is 9. The monoisotopic (exact) mass is 490 g/mol. The maximum absolute atomic E-state index is 13.1. The molecule has 0 radical (unpaired) electrons. The quantitative estimate of drug-likeness (QED) is 0.386. The number of hydrogen-bond acceptors (Lipinski definition) is 5. The number of aromatic nitrogens is 2. The fraction of sp³-hybridized carbons (Fsp3) is 0.154. The summed E-state index contributed by atoms with van der Waals surface area (Å²) in [6.07, 6.45) is 5.38. The Kier molecular flexibility index (Phi) is 7.17. The van der Waals surface area contributed by atoms with Crippen LogP contribution in [0.1, 0.15) is 21.5 Å². The zero-order chi connectivity index (χ0) is 24.8. The van der Waals surface area contributed by atoms with Crippen molar-refractivity contribution in [1.82, 2.24) is 14.9 Å². The summed E-state index contributed by atoms with van der Waals surface area (Å²) < 4.78 is 34.6. The van der Waals surface area contributed by atoms with Gasteiger partial charge in [-0.15, -0.1) is 0 Å². The molecule has 0 bridgehead atoms. The highest BCUT2D eigenvalue weighted by Gasteiger charge is 2.24. The van der Waals surface area contributed by atoms with E-state index < -0.39 is 10.0 Å². The first-order valence-corrected chi connectivity index (χ1v) is 12.4. The van der Waals surface area contributed by atoms with Gasteiger partial charge in [-0.05, 0) is 47.5 Å². The normalized spacial score (nSPS) is 11.1. The third-order valence-corrected chi connectivity index (χ3v) is 7.35. The predicted octanol–water partition coefficient (Wildman–Crippen LogP) is 3.70. The van der Waals surface area contributed by atoms with Crippen molar-refractivity contribution in [2.45, 2.75) is 18.0 Å². The van der Waals surface area contributed by atoms with Gasteiger partial charge in [0.1, 0.15) is 5.75 Å². The molecule has 8 nitrogen and oxygen atoms in total. The maximum atomic E-state index is 13.1. The second-order valence-corrected chi connectivity index (χ2v) is 9.88. The molecule has 0 aliphatic heterocycles. The second kappa shape index (κ2) is 10.4. The van der Waals surface area contributed by atoms with E-state index in [1.807, 2.05) is 35.0 Å². The molecule has 0 unspecified atom stereocenters. The van der Waals surface area contributed by atoms with E-state index in [9.17, 15) is 13.2 Å². The van der Waals surface area contributed by atoms with Crippen molar-refractivity contribution in [2.24, 2.45) is 0 Å². The number of hydrogen-bond donors (Lipinski definition) is 1. The van der Waals surface area contributed by atoms with Crippen LogP contribution in [0.3, 0.4) is 0 Å². The summed E-state index contributed by atoms with van der Waals surface area (Å²) in [4.78, 5) is 16.8. The third kappa shape index (κ3) is 5.52. The van der Waals surface area contributed by atoms with Crippen LogP contribution in [0.2, 0.25) is 0 Å². The molecular weight excluding hydrogens is 464 g/mol. The average molecular weight is 491 g/mol. The summed E-state index contributed by atoms with van der Waals surface area (Å²) in [5.41, 5.74) is 2.86. The van der Waals surface area contributed by atoms with Crippen LogP contribution in [0.15, 0.2) is 96.4 Å². The molecular formula is C26H26N4O4S. The van der Waals surface area contributed by atoms with E-state index in [-0.39, 0.29) is 10.8 Å². The number of para-hydroxylation sites is 2. The zero-order valence-electron chi connectivity index (χ0n) is 19.5. The van der Waals surface area contributed by atoms with Crippen LogP contribution in [-0.2, 0) is 23.1 Å². The molecule has 1 aromatic heterocycles. The third-order valence-electron chi connectivity index (χ3n) is 5.57. The molecule has 0 aliphatic carbocycles. The standard InChI is InChI=1S/C26H26N4O4S/c1-29(24-8-3-4-9-25(24)34-2)35(32,33)23-12-10-22(11-13-23)26(31)28-17-20-6-5-7-21(16-20)18-30-15-14-27-19-30/h3-16,19H,17-18H2,1-2H3,(H,28,31). The highest BCUT2D eigenvalue weighted by molar-refractivity contribution is 7.92. The fourth-order valence-electron chi connectivity index (χ4n) is 3.67. The lowest BCUT2D eigenvalue weighted by Gasteiger charge is -2.21. The number of anilines is 1. The highest BCUT2D eigenvalue weighted by atomic mass is 32.2. The lowest BCUT2D eigenvalue weighted by Crippen LogP contribution is -2.27. The molecule has 35 heavy (non-hydrogen) atoms. The Labute approximate surface area is 204 Å². The van der Waals surface area contributed by atoms with Crippen molar-refractivity contribution in [3.05, 3.63) is 108 Å². The number of sulfonamides is 1. The van der Waals surface area contributed by atoms with Crippen LogP contribution in [0.5, 0.6) is 5.75 Å². The lowest BCUT2D eigenvalue weighted by molar-refractivity contribution is 0.0951. The second-order valence-electron chi connectivity index (χ2n) is 7.91. The minimum Gasteiger partial charge on any atom is -0.495 e. The number of amides is 1. The van der Waals surface area contributed by atoms with Crippen molar-refractivity contribution >= 4 is 21.6 Å². The van der Waals surface area contributed by atoms with Gasteiger partial charge in [0.05, 0.1) is 24.0 Å². The molecule has 0 atom stereocenters. The molecule has 9 heteroatoms.